The first-order chi connectivity index (χ1) is 7.54. The molecule has 0 fully saturated rings. The fraction of sp³-hybridized carbons (Fsp3) is 0.222. The summed E-state index contributed by atoms with van der Waals surface area (Å²) in [6, 6.07) is 0. The average Bonchev–Trinajstić information content (AvgIpc) is 2.56. The van der Waals surface area contributed by atoms with Gasteiger partial charge in [0.05, 0.1) is 5.69 Å². The third-order valence-electron chi connectivity index (χ3n) is 1.72. The lowest BCUT2D eigenvalue weighted by atomic mass is 10.3. The number of hydrogen-bond acceptors (Lipinski definition) is 3. The molecule has 1 aromatic rings. The van der Waals surface area contributed by atoms with Crippen LogP contribution in [0.15, 0.2) is 18.9 Å². The summed E-state index contributed by atoms with van der Waals surface area (Å²) in [7, 11) is 1.69. The van der Waals surface area contributed by atoms with E-state index in [9.17, 15) is 4.79 Å². The number of carbonyl (C=O) groups excluding carboxylic acids is 1. The highest BCUT2D eigenvalue weighted by Gasteiger charge is 2.13. The lowest BCUT2D eigenvalue weighted by molar-refractivity contribution is 0.0995. The summed E-state index contributed by atoms with van der Waals surface area (Å²) in [4.78, 5) is 11.1. The van der Waals surface area contributed by atoms with E-state index in [4.69, 9.17) is 18.0 Å². The zero-order valence-electron chi connectivity index (χ0n) is 8.86. The van der Waals surface area contributed by atoms with Crippen molar-refractivity contribution in [2.75, 3.05) is 11.9 Å². The van der Waals surface area contributed by atoms with Gasteiger partial charge in [0.2, 0.25) is 0 Å². The Bertz CT molecular complexity index is 426. The van der Waals surface area contributed by atoms with Crippen molar-refractivity contribution in [2.24, 2.45) is 12.8 Å². The van der Waals surface area contributed by atoms with E-state index in [0.29, 0.717) is 17.3 Å². The summed E-state index contributed by atoms with van der Waals surface area (Å²) in [6.45, 7) is 4.09. The van der Waals surface area contributed by atoms with Crippen molar-refractivity contribution in [1.82, 2.24) is 15.1 Å². The summed E-state index contributed by atoms with van der Waals surface area (Å²) in [6.07, 6.45) is 3.30. The Hall–Kier alpha value is -1.89. The van der Waals surface area contributed by atoms with Crippen molar-refractivity contribution < 1.29 is 4.79 Å². The summed E-state index contributed by atoms with van der Waals surface area (Å²) in [5.74, 6) is -0.602. The number of thiocarbonyl (C=S) groups is 1. The first kappa shape index (κ1) is 12.2. The lowest BCUT2D eigenvalue weighted by Gasteiger charge is -2.07. The number of nitrogens with one attached hydrogen (secondary N) is 2. The molecule has 1 amide bonds. The van der Waals surface area contributed by atoms with Gasteiger partial charge in [-0.25, -0.2) is 0 Å². The molecular weight excluding hydrogens is 226 g/mol. The molecular formula is C9H13N5OS. The Balaban J connectivity index is 2.76. The molecule has 0 aliphatic rings. The fourth-order valence-electron chi connectivity index (χ4n) is 1.09. The summed E-state index contributed by atoms with van der Waals surface area (Å²) >= 11 is 5.00. The van der Waals surface area contributed by atoms with E-state index in [2.05, 4.69) is 22.3 Å². The van der Waals surface area contributed by atoms with E-state index in [1.165, 1.54) is 4.68 Å². The van der Waals surface area contributed by atoms with Gasteiger partial charge in [-0.1, -0.05) is 6.08 Å². The van der Waals surface area contributed by atoms with Gasteiger partial charge in [-0.2, -0.15) is 5.10 Å². The van der Waals surface area contributed by atoms with Crippen LogP contribution in [0, 0.1) is 0 Å². The molecule has 0 saturated carbocycles. The van der Waals surface area contributed by atoms with Crippen molar-refractivity contribution in [3.63, 3.8) is 0 Å². The van der Waals surface area contributed by atoms with E-state index >= 15 is 0 Å². The molecule has 6 nitrogen and oxygen atoms in total. The molecule has 86 valence electrons. The maximum absolute atomic E-state index is 11.1. The molecule has 0 bridgehead atoms. The Labute approximate surface area is 98.5 Å². The molecule has 0 atom stereocenters. The Kier molecular flexibility index (Phi) is 4.01. The Morgan fingerprint density at radius 3 is 3.06 bits per heavy atom. The number of anilines is 1. The van der Waals surface area contributed by atoms with Gasteiger partial charge < -0.3 is 16.4 Å². The molecule has 1 heterocycles. The van der Waals surface area contributed by atoms with Crippen LogP contribution < -0.4 is 16.4 Å². The molecule has 7 heteroatoms. The standard InChI is InChI=1S/C9H13N5OS/c1-3-4-11-9(16)12-6-5-14(2)13-7(6)8(10)15/h3,5H,1,4H2,2H3,(H2,10,15)(H2,11,12,16). The van der Waals surface area contributed by atoms with Crippen LogP contribution in [-0.4, -0.2) is 27.3 Å². The largest absolute Gasteiger partial charge is 0.364 e. The van der Waals surface area contributed by atoms with Gasteiger partial charge in [-0.15, -0.1) is 6.58 Å². The van der Waals surface area contributed by atoms with Crippen molar-refractivity contribution in [1.29, 1.82) is 0 Å². The Morgan fingerprint density at radius 2 is 2.50 bits per heavy atom. The van der Waals surface area contributed by atoms with Crippen LogP contribution in [0.5, 0.6) is 0 Å². The monoisotopic (exact) mass is 239 g/mol. The lowest BCUT2D eigenvalue weighted by Crippen LogP contribution is -2.29. The van der Waals surface area contributed by atoms with Crippen molar-refractivity contribution in [3.8, 4) is 0 Å². The summed E-state index contributed by atoms with van der Waals surface area (Å²) in [5.41, 5.74) is 5.81. The van der Waals surface area contributed by atoms with Crippen molar-refractivity contribution >= 4 is 28.9 Å². The van der Waals surface area contributed by atoms with Crippen LogP contribution in [0.25, 0.3) is 0 Å². The third-order valence-corrected chi connectivity index (χ3v) is 1.96. The summed E-state index contributed by atoms with van der Waals surface area (Å²) < 4.78 is 1.48. The predicted molar refractivity (Wildman–Crippen MR) is 66.1 cm³/mol. The summed E-state index contributed by atoms with van der Waals surface area (Å²) in [5, 5.41) is 10.0. The number of aromatic nitrogens is 2. The first-order valence-corrected chi connectivity index (χ1v) is 4.94. The van der Waals surface area contributed by atoms with Gasteiger partial charge in [0, 0.05) is 19.8 Å². The average molecular weight is 239 g/mol. The smallest absolute Gasteiger partial charge is 0.271 e. The number of primary amides is 1. The van der Waals surface area contributed by atoms with E-state index in [-0.39, 0.29) is 5.69 Å². The maximum Gasteiger partial charge on any atom is 0.271 e. The number of carbonyl (C=O) groups is 1. The number of rotatable bonds is 4. The van der Waals surface area contributed by atoms with E-state index in [1.54, 1.807) is 19.3 Å². The topological polar surface area (TPSA) is 85.0 Å². The van der Waals surface area contributed by atoms with Crippen LogP contribution in [0.1, 0.15) is 10.5 Å². The Morgan fingerprint density at radius 1 is 1.81 bits per heavy atom. The second-order valence-electron chi connectivity index (χ2n) is 3.05. The van der Waals surface area contributed by atoms with Crippen LogP contribution >= 0.6 is 12.2 Å². The molecule has 0 radical (unpaired) electrons. The number of aryl methyl sites for hydroxylation is 1. The molecule has 4 N–H and O–H groups in total. The van der Waals surface area contributed by atoms with Crippen molar-refractivity contribution in [2.45, 2.75) is 0 Å². The number of nitrogens with zero attached hydrogens (tertiary/aromatic N) is 2. The van der Waals surface area contributed by atoms with Crippen LogP contribution in [-0.2, 0) is 7.05 Å². The molecule has 0 unspecified atom stereocenters. The first-order valence-electron chi connectivity index (χ1n) is 4.53. The fourth-order valence-corrected chi connectivity index (χ4v) is 1.29. The number of hydrogen-bond donors (Lipinski definition) is 3. The number of amides is 1. The molecule has 0 saturated heterocycles. The minimum absolute atomic E-state index is 0.158. The highest BCUT2D eigenvalue weighted by atomic mass is 32.1. The highest BCUT2D eigenvalue weighted by Crippen LogP contribution is 2.11. The molecule has 1 aromatic heterocycles. The molecule has 0 aromatic carbocycles. The van der Waals surface area contributed by atoms with Gasteiger partial charge in [0.25, 0.3) is 5.91 Å². The van der Waals surface area contributed by atoms with Crippen LogP contribution in [0.3, 0.4) is 0 Å². The SMILES string of the molecule is C=CCNC(=S)Nc1cn(C)nc1C(N)=O. The van der Waals surface area contributed by atoms with Gasteiger partial charge in [-0.3, -0.25) is 9.48 Å². The van der Waals surface area contributed by atoms with E-state index < -0.39 is 5.91 Å². The van der Waals surface area contributed by atoms with Gasteiger partial charge in [0.1, 0.15) is 0 Å². The molecule has 1 rings (SSSR count). The second-order valence-corrected chi connectivity index (χ2v) is 3.46. The van der Waals surface area contributed by atoms with E-state index in [0.717, 1.165) is 0 Å². The predicted octanol–water partition coefficient (Wildman–Crippen LogP) is -0.00860. The van der Waals surface area contributed by atoms with Crippen molar-refractivity contribution in [3.05, 3.63) is 24.5 Å². The zero-order valence-corrected chi connectivity index (χ0v) is 9.67. The zero-order chi connectivity index (χ0) is 12.1. The van der Waals surface area contributed by atoms with Crippen LogP contribution in [0.4, 0.5) is 5.69 Å². The third kappa shape index (κ3) is 3.06. The molecule has 16 heavy (non-hydrogen) atoms. The molecule has 0 spiro atoms. The van der Waals surface area contributed by atoms with E-state index in [1.807, 2.05) is 0 Å². The number of nitrogens with two attached hydrogens (primary N) is 1. The second kappa shape index (κ2) is 5.26. The van der Waals surface area contributed by atoms with Crippen LogP contribution in [0.2, 0.25) is 0 Å². The normalized spacial score (nSPS) is 9.56. The minimum atomic E-state index is -0.602. The molecule has 0 aliphatic carbocycles. The van der Waals surface area contributed by atoms with Gasteiger partial charge in [0.15, 0.2) is 10.8 Å². The highest BCUT2D eigenvalue weighted by molar-refractivity contribution is 7.80. The molecule has 0 aliphatic heterocycles. The maximum atomic E-state index is 11.1. The van der Waals surface area contributed by atoms with Gasteiger partial charge in [-0.05, 0) is 12.2 Å². The minimum Gasteiger partial charge on any atom is -0.364 e. The van der Waals surface area contributed by atoms with Gasteiger partial charge >= 0.3 is 0 Å². The quantitative estimate of drug-likeness (QED) is 0.508.